The van der Waals surface area contributed by atoms with Gasteiger partial charge in [0.25, 0.3) is 0 Å². The van der Waals surface area contributed by atoms with Crippen LogP contribution in [0.5, 0.6) is 5.75 Å². The van der Waals surface area contributed by atoms with E-state index in [0.29, 0.717) is 18.6 Å². The number of rotatable bonds is 13. The van der Waals surface area contributed by atoms with Gasteiger partial charge in [-0.3, -0.25) is 9.69 Å². The minimum Gasteiger partial charge on any atom is -0.489 e. The highest BCUT2D eigenvalue weighted by Crippen LogP contribution is 2.36. The highest BCUT2D eigenvalue weighted by atomic mass is 32.2. The summed E-state index contributed by atoms with van der Waals surface area (Å²) in [4.78, 5) is 27.9. The molecule has 7 heteroatoms. The minimum atomic E-state index is -0.296. The number of ether oxygens (including phenoxy) is 3. The van der Waals surface area contributed by atoms with Crippen molar-refractivity contribution in [2.45, 2.75) is 75.3 Å². The lowest BCUT2D eigenvalue weighted by molar-refractivity contribution is -0.140. The van der Waals surface area contributed by atoms with Gasteiger partial charge in [-0.1, -0.05) is 36.4 Å². The molecule has 0 fully saturated rings. The molecule has 3 aromatic carbocycles. The summed E-state index contributed by atoms with van der Waals surface area (Å²) in [6.45, 7) is 2.32. The zero-order valence-corrected chi connectivity index (χ0v) is 26.3. The van der Waals surface area contributed by atoms with E-state index in [1.165, 1.54) is 59.1 Å². The SMILES string of the molecule is COC(=O)CCCCN(CCc1ccccc1OCc1ccc2c(c1)CCCS2)C1CCCc2cc(C(=O)OC)ccc21. The van der Waals surface area contributed by atoms with Crippen LogP contribution in [0.15, 0.2) is 65.6 Å². The number of hydrogen-bond acceptors (Lipinski definition) is 7. The van der Waals surface area contributed by atoms with Gasteiger partial charge in [-0.25, -0.2) is 4.79 Å². The molecular weight excluding hydrogens is 558 g/mol. The van der Waals surface area contributed by atoms with E-state index in [2.05, 4.69) is 47.4 Å². The lowest BCUT2D eigenvalue weighted by atomic mass is 9.85. The zero-order valence-electron chi connectivity index (χ0n) is 25.4. The van der Waals surface area contributed by atoms with Crippen LogP contribution in [0.4, 0.5) is 0 Å². The Morgan fingerprint density at radius 3 is 2.63 bits per heavy atom. The van der Waals surface area contributed by atoms with E-state index in [1.54, 1.807) is 0 Å². The number of hydrogen-bond donors (Lipinski definition) is 0. The van der Waals surface area contributed by atoms with E-state index >= 15 is 0 Å². The second-order valence-corrected chi connectivity index (χ2v) is 12.6. The van der Waals surface area contributed by atoms with E-state index in [1.807, 2.05) is 30.0 Å². The van der Waals surface area contributed by atoms with Crippen LogP contribution in [0.1, 0.15) is 82.7 Å². The van der Waals surface area contributed by atoms with E-state index < -0.39 is 0 Å². The minimum absolute atomic E-state index is 0.159. The maximum atomic E-state index is 12.2. The molecule has 6 nitrogen and oxygen atoms in total. The Morgan fingerprint density at radius 2 is 1.77 bits per heavy atom. The normalized spacial score (nSPS) is 15.8. The van der Waals surface area contributed by atoms with Gasteiger partial charge in [0.15, 0.2) is 0 Å². The first-order chi connectivity index (χ1) is 21.1. The number of unbranched alkanes of at least 4 members (excludes halogenated alkanes) is 1. The number of carbonyl (C=O) groups is 2. The summed E-state index contributed by atoms with van der Waals surface area (Å²) in [6.07, 6.45) is 8.49. The Kier molecular flexibility index (Phi) is 11.2. The molecule has 0 N–H and O–H groups in total. The molecule has 1 atom stereocenters. The summed E-state index contributed by atoms with van der Waals surface area (Å²) in [5.74, 6) is 1.69. The topological polar surface area (TPSA) is 65.1 Å². The van der Waals surface area contributed by atoms with Crippen molar-refractivity contribution in [3.63, 3.8) is 0 Å². The molecule has 0 saturated carbocycles. The Labute approximate surface area is 260 Å². The van der Waals surface area contributed by atoms with Crippen molar-refractivity contribution in [2.24, 2.45) is 0 Å². The van der Waals surface area contributed by atoms with Crippen LogP contribution in [-0.2, 0) is 40.1 Å². The fourth-order valence-electron chi connectivity index (χ4n) is 6.30. The van der Waals surface area contributed by atoms with Crippen molar-refractivity contribution in [2.75, 3.05) is 33.1 Å². The monoisotopic (exact) mass is 601 g/mol. The largest absolute Gasteiger partial charge is 0.489 e. The van der Waals surface area contributed by atoms with Crippen LogP contribution in [0, 0.1) is 0 Å². The average Bonchev–Trinajstić information content (AvgIpc) is 3.06. The molecule has 1 aliphatic heterocycles. The molecule has 0 radical (unpaired) electrons. The van der Waals surface area contributed by atoms with Crippen LogP contribution >= 0.6 is 11.8 Å². The number of aryl methyl sites for hydroxylation is 2. The lowest BCUT2D eigenvalue weighted by Crippen LogP contribution is -2.34. The number of carbonyl (C=O) groups excluding carboxylic acids is 2. The van der Waals surface area contributed by atoms with E-state index in [0.717, 1.165) is 63.8 Å². The second-order valence-electron chi connectivity index (χ2n) is 11.4. The first-order valence-corrected chi connectivity index (χ1v) is 16.5. The smallest absolute Gasteiger partial charge is 0.337 e. The van der Waals surface area contributed by atoms with E-state index in [-0.39, 0.29) is 18.0 Å². The fourth-order valence-corrected chi connectivity index (χ4v) is 7.32. The van der Waals surface area contributed by atoms with Crippen molar-refractivity contribution in [1.29, 1.82) is 0 Å². The fraction of sp³-hybridized carbons (Fsp3) is 0.444. The number of benzene rings is 3. The molecule has 0 saturated heterocycles. The molecule has 0 amide bonds. The highest BCUT2D eigenvalue weighted by Gasteiger charge is 2.27. The molecule has 1 aliphatic carbocycles. The molecule has 0 spiro atoms. The highest BCUT2D eigenvalue weighted by molar-refractivity contribution is 7.99. The van der Waals surface area contributed by atoms with Crippen molar-refractivity contribution in [1.82, 2.24) is 4.90 Å². The van der Waals surface area contributed by atoms with Crippen LogP contribution in [0.25, 0.3) is 0 Å². The second kappa shape index (κ2) is 15.4. The average molecular weight is 602 g/mol. The van der Waals surface area contributed by atoms with Gasteiger partial charge in [0.1, 0.15) is 12.4 Å². The van der Waals surface area contributed by atoms with Crippen LogP contribution < -0.4 is 4.74 Å². The van der Waals surface area contributed by atoms with Crippen molar-refractivity contribution in [3.8, 4) is 5.75 Å². The number of nitrogens with zero attached hydrogens (tertiary/aromatic N) is 1. The number of methoxy groups -OCH3 is 2. The van der Waals surface area contributed by atoms with Gasteiger partial charge in [-0.05, 0) is 116 Å². The Bertz CT molecular complexity index is 1410. The molecule has 0 aromatic heterocycles. The third kappa shape index (κ3) is 8.21. The van der Waals surface area contributed by atoms with Gasteiger partial charge in [-0.15, -0.1) is 11.8 Å². The van der Waals surface area contributed by atoms with Crippen molar-refractivity contribution >= 4 is 23.7 Å². The Balaban J connectivity index is 1.29. The summed E-state index contributed by atoms with van der Waals surface area (Å²) >= 11 is 1.95. The van der Waals surface area contributed by atoms with Gasteiger partial charge < -0.3 is 14.2 Å². The first-order valence-electron chi connectivity index (χ1n) is 15.5. The summed E-state index contributed by atoms with van der Waals surface area (Å²) in [6, 6.07) is 21.4. The number of para-hydroxylation sites is 1. The van der Waals surface area contributed by atoms with Crippen LogP contribution in [0.2, 0.25) is 0 Å². The third-order valence-electron chi connectivity index (χ3n) is 8.60. The van der Waals surface area contributed by atoms with E-state index in [9.17, 15) is 9.59 Å². The molecule has 5 rings (SSSR count). The van der Waals surface area contributed by atoms with Gasteiger partial charge in [-0.2, -0.15) is 0 Å². The first kappa shape index (κ1) is 31.1. The summed E-state index contributed by atoms with van der Waals surface area (Å²) < 4.78 is 16.2. The Morgan fingerprint density at radius 1 is 0.907 bits per heavy atom. The van der Waals surface area contributed by atoms with Gasteiger partial charge in [0.05, 0.1) is 19.8 Å². The predicted octanol–water partition coefficient (Wildman–Crippen LogP) is 7.36. The maximum absolute atomic E-state index is 12.2. The summed E-state index contributed by atoms with van der Waals surface area (Å²) in [5.41, 5.74) is 6.99. The summed E-state index contributed by atoms with van der Waals surface area (Å²) in [7, 11) is 2.87. The van der Waals surface area contributed by atoms with Crippen LogP contribution in [0.3, 0.4) is 0 Å². The lowest BCUT2D eigenvalue weighted by Gasteiger charge is -2.36. The number of fused-ring (bicyclic) bond motifs is 2. The third-order valence-corrected chi connectivity index (χ3v) is 9.80. The predicted molar refractivity (Wildman–Crippen MR) is 171 cm³/mol. The molecule has 3 aromatic rings. The maximum Gasteiger partial charge on any atom is 0.337 e. The quantitative estimate of drug-likeness (QED) is 0.150. The number of esters is 2. The molecule has 0 bridgehead atoms. The Hall–Kier alpha value is -3.29. The number of thioether (sulfide) groups is 1. The van der Waals surface area contributed by atoms with E-state index in [4.69, 9.17) is 14.2 Å². The van der Waals surface area contributed by atoms with Gasteiger partial charge in [0, 0.05) is 23.9 Å². The summed E-state index contributed by atoms with van der Waals surface area (Å²) in [5, 5.41) is 0. The van der Waals surface area contributed by atoms with Gasteiger partial charge in [0.2, 0.25) is 0 Å². The van der Waals surface area contributed by atoms with Gasteiger partial charge >= 0.3 is 11.9 Å². The molecule has 43 heavy (non-hydrogen) atoms. The molecule has 2 aliphatic rings. The molecular formula is C36H43NO5S. The van der Waals surface area contributed by atoms with Crippen molar-refractivity contribution in [3.05, 3.63) is 94.0 Å². The standard InChI is InChI=1S/C36H43NO5S/c1-40-35(38)14-5-6-20-37(32-12-7-10-28-24-30(36(39)41-2)16-17-31(28)32)21-19-27-9-3-4-13-33(27)42-25-26-15-18-34-29(23-26)11-8-22-43-34/h3-4,9,13,15-18,23-24,32H,5-8,10-12,14,19-22,25H2,1-2H3. The molecule has 1 unspecified atom stereocenters. The van der Waals surface area contributed by atoms with Crippen molar-refractivity contribution < 1.29 is 23.8 Å². The molecule has 228 valence electrons. The van der Waals surface area contributed by atoms with Crippen LogP contribution in [-0.4, -0.2) is 49.9 Å². The molecule has 1 heterocycles. The zero-order chi connectivity index (χ0) is 30.0.